The number of halogens is 5. The lowest BCUT2D eigenvalue weighted by atomic mass is 9.79. The summed E-state index contributed by atoms with van der Waals surface area (Å²) in [6.07, 6.45) is -3.53. The van der Waals surface area contributed by atoms with E-state index in [0.717, 1.165) is 6.07 Å². The fourth-order valence-electron chi connectivity index (χ4n) is 3.73. The van der Waals surface area contributed by atoms with Crippen LogP contribution in [0.1, 0.15) is 29.3 Å². The van der Waals surface area contributed by atoms with Crippen LogP contribution in [-0.4, -0.2) is 21.8 Å². The number of aromatic amines is 1. The molecular formula is C21H15F5N4O. The van der Waals surface area contributed by atoms with E-state index >= 15 is 0 Å². The first-order valence-corrected chi connectivity index (χ1v) is 9.16. The zero-order valence-corrected chi connectivity index (χ0v) is 16.0. The topological polar surface area (TPSA) is 70.1 Å². The van der Waals surface area contributed by atoms with Gasteiger partial charge in [-0.05, 0) is 54.4 Å². The van der Waals surface area contributed by atoms with Crippen LogP contribution in [0.2, 0.25) is 0 Å². The third-order valence-corrected chi connectivity index (χ3v) is 5.19. The van der Waals surface area contributed by atoms with E-state index < -0.39 is 40.6 Å². The first-order chi connectivity index (χ1) is 14.6. The maximum Gasteiger partial charge on any atom is 0.421 e. The van der Waals surface area contributed by atoms with Crippen molar-refractivity contribution in [1.29, 1.82) is 0 Å². The number of alkyl halides is 3. The molecule has 2 N–H and O–H groups in total. The number of pyridine rings is 2. The summed E-state index contributed by atoms with van der Waals surface area (Å²) in [7, 11) is 0. The Morgan fingerprint density at radius 1 is 1.00 bits per heavy atom. The van der Waals surface area contributed by atoms with E-state index in [1.54, 1.807) is 13.0 Å². The molecule has 0 aliphatic carbocycles. The number of benzene rings is 1. The molecule has 0 spiro atoms. The van der Waals surface area contributed by atoms with Gasteiger partial charge in [0.25, 0.3) is 5.56 Å². The minimum absolute atomic E-state index is 0.0309. The quantitative estimate of drug-likeness (QED) is 0.487. The Kier molecular flexibility index (Phi) is 4.87. The molecule has 0 amide bonds. The van der Waals surface area contributed by atoms with Crippen LogP contribution in [0.4, 0.5) is 22.0 Å². The number of amidine groups is 1. The molecule has 0 saturated carbocycles. The molecule has 0 radical (unpaired) electrons. The van der Waals surface area contributed by atoms with Gasteiger partial charge < -0.3 is 10.3 Å². The normalized spacial score (nSPS) is 21.0. The molecule has 3 aromatic rings. The van der Waals surface area contributed by atoms with Crippen LogP contribution >= 0.6 is 0 Å². The Hall–Kier alpha value is -3.56. The molecule has 0 bridgehead atoms. The highest BCUT2D eigenvalue weighted by molar-refractivity contribution is 5.99. The number of nitrogens with one attached hydrogen (secondary N) is 2. The summed E-state index contributed by atoms with van der Waals surface area (Å²) in [5.74, 6) is -1.12. The van der Waals surface area contributed by atoms with Crippen LogP contribution in [0, 0.1) is 11.8 Å². The molecule has 1 aliphatic heterocycles. The van der Waals surface area contributed by atoms with Crippen LogP contribution in [0.5, 0.6) is 0 Å². The lowest BCUT2D eigenvalue weighted by Gasteiger charge is -2.31. The highest BCUT2D eigenvalue weighted by Crippen LogP contribution is 2.41. The molecule has 160 valence electrons. The average Bonchev–Trinajstić information content (AvgIpc) is 3.06. The minimum atomic E-state index is -4.79. The van der Waals surface area contributed by atoms with Crippen LogP contribution in [0.3, 0.4) is 0 Å². The van der Waals surface area contributed by atoms with Gasteiger partial charge in [0.15, 0.2) is 0 Å². The molecule has 2 aromatic heterocycles. The minimum Gasteiger partial charge on any atom is -0.363 e. The molecule has 0 unspecified atom stereocenters. The van der Waals surface area contributed by atoms with E-state index in [2.05, 4.69) is 20.3 Å². The Morgan fingerprint density at radius 2 is 1.71 bits per heavy atom. The number of aliphatic imine (C=N–C) groups is 1. The molecule has 0 fully saturated rings. The monoisotopic (exact) mass is 434 g/mol. The van der Waals surface area contributed by atoms with Crippen molar-refractivity contribution in [3.05, 3.63) is 99.2 Å². The van der Waals surface area contributed by atoms with Gasteiger partial charge >= 0.3 is 6.18 Å². The fourth-order valence-corrected chi connectivity index (χ4v) is 3.73. The second kappa shape index (κ2) is 7.29. The van der Waals surface area contributed by atoms with Crippen molar-refractivity contribution in [3.8, 4) is 0 Å². The van der Waals surface area contributed by atoms with Gasteiger partial charge in [0, 0.05) is 6.20 Å². The highest BCUT2D eigenvalue weighted by atomic mass is 19.4. The predicted molar refractivity (Wildman–Crippen MR) is 103 cm³/mol. The van der Waals surface area contributed by atoms with Gasteiger partial charge in [0.05, 0.1) is 11.7 Å². The first-order valence-electron chi connectivity index (χ1n) is 9.16. The smallest absolute Gasteiger partial charge is 0.363 e. The van der Waals surface area contributed by atoms with Crippen LogP contribution < -0.4 is 10.9 Å². The van der Waals surface area contributed by atoms with Gasteiger partial charge in [-0.25, -0.2) is 14.4 Å². The molecule has 4 rings (SSSR count). The van der Waals surface area contributed by atoms with Gasteiger partial charge in [-0.2, -0.15) is 17.6 Å². The second-order valence-electron chi connectivity index (χ2n) is 7.08. The van der Waals surface area contributed by atoms with Crippen molar-refractivity contribution >= 4 is 5.84 Å². The largest absolute Gasteiger partial charge is 0.421 e. The van der Waals surface area contributed by atoms with E-state index in [9.17, 15) is 26.7 Å². The Morgan fingerprint density at radius 3 is 2.32 bits per heavy atom. The molecule has 2 atom stereocenters. The van der Waals surface area contributed by atoms with Crippen molar-refractivity contribution in [2.45, 2.75) is 24.7 Å². The molecule has 5 nitrogen and oxygen atoms in total. The Labute approximate surface area is 172 Å². The highest BCUT2D eigenvalue weighted by Gasteiger charge is 2.45. The summed E-state index contributed by atoms with van der Waals surface area (Å²) in [4.78, 5) is 22.3. The van der Waals surface area contributed by atoms with Crippen molar-refractivity contribution < 1.29 is 22.0 Å². The maximum atomic E-state index is 13.9. The SMILES string of the molecule is C[C@@H]1NC(c2ccc(C(F)(F)F)c(=O)[nH]2)=N[C@@]1(c1ccc(F)cc1)c1ccnc(F)c1. The molecule has 1 aliphatic rings. The number of hydrogen-bond donors (Lipinski definition) is 2. The van der Waals surface area contributed by atoms with E-state index in [1.807, 2.05) is 0 Å². The molecule has 1 aromatic carbocycles. The zero-order chi connectivity index (χ0) is 22.4. The lowest BCUT2D eigenvalue weighted by Crippen LogP contribution is -2.41. The third kappa shape index (κ3) is 3.58. The first kappa shape index (κ1) is 20.7. The van der Waals surface area contributed by atoms with Crippen LogP contribution in [0.25, 0.3) is 0 Å². The van der Waals surface area contributed by atoms with Crippen molar-refractivity contribution in [2.24, 2.45) is 4.99 Å². The van der Waals surface area contributed by atoms with Gasteiger partial charge in [-0.15, -0.1) is 0 Å². The maximum absolute atomic E-state index is 13.9. The summed E-state index contributed by atoms with van der Waals surface area (Å²) >= 11 is 0. The standard InChI is InChI=1S/C21H15F5N4O/c1-11-20(12-2-4-14(22)5-3-12,13-8-9-27-17(23)10-13)30-18(28-11)16-7-6-15(19(31)29-16)21(24,25)26/h2-11H,1H3,(H,28,30)(H,29,31)/t11-,20-/m0/s1. The fraction of sp³-hybridized carbons (Fsp3) is 0.190. The average molecular weight is 434 g/mol. The van der Waals surface area contributed by atoms with Gasteiger partial charge in [0.2, 0.25) is 5.95 Å². The third-order valence-electron chi connectivity index (χ3n) is 5.19. The number of nitrogens with zero attached hydrogens (tertiary/aromatic N) is 2. The Bertz CT molecular complexity index is 1220. The van der Waals surface area contributed by atoms with Gasteiger partial charge in [-0.3, -0.25) is 4.79 Å². The number of H-pyrrole nitrogens is 1. The van der Waals surface area contributed by atoms with Gasteiger partial charge in [-0.1, -0.05) is 12.1 Å². The summed E-state index contributed by atoms with van der Waals surface area (Å²) in [5, 5.41) is 3.04. The van der Waals surface area contributed by atoms with Crippen molar-refractivity contribution in [2.75, 3.05) is 0 Å². The molecule has 0 saturated heterocycles. The summed E-state index contributed by atoms with van der Waals surface area (Å²) in [6, 6.07) is 9.42. The second-order valence-corrected chi connectivity index (χ2v) is 7.08. The van der Waals surface area contributed by atoms with Crippen molar-refractivity contribution in [3.63, 3.8) is 0 Å². The summed E-state index contributed by atoms with van der Waals surface area (Å²) in [5.41, 5.74) is -2.94. The number of aromatic nitrogens is 2. The van der Waals surface area contributed by atoms with E-state index in [1.165, 1.54) is 36.5 Å². The van der Waals surface area contributed by atoms with E-state index in [-0.39, 0.29) is 11.5 Å². The van der Waals surface area contributed by atoms with E-state index in [4.69, 9.17) is 0 Å². The van der Waals surface area contributed by atoms with Gasteiger partial charge in [0.1, 0.15) is 22.8 Å². The predicted octanol–water partition coefficient (Wildman–Crippen LogP) is 3.75. The van der Waals surface area contributed by atoms with Crippen molar-refractivity contribution in [1.82, 2.24) is 15.3 Å². The summed E-state index contributed by atoms with van der Waals surface area (Å²) < 4.78 is 66.2. The Balaban J connectivity index is 1.90. The zero-order valence-electron chi connectivity index (χ0n) is 16.0. The molecular weight excluding hydrogens is 419 g/mol. The molecule has 31 heavy (non-hydrogen) atoms. The van der Waals surface area contributed by atoms with Crippen LogP contribution in [0.15, 0.2) is 64.5 Å². The van der Waals surface area contributed by atoms with E-state index in [0.29, 0.717) is 17.2 Å². The van der Waals surface area contributed by atoms with Crippen LogP contribution in [-0.2, 0) is 11.7 Å². The molecule has 10 heteroatoms. The summed E-state index contributed by atoms with van der Waals surface area (Å²) in [6.45, 7) is 1.74. The molecule has 3 heterocycles. The lowest BCUT2D eigenvalue weighted by molar-refractivity contribution is -0.138. The number of hydrogen-bond acceptors (Lipinski definition) is 4. The number of rotatable bonds is 3.